The van der Waals surface area contributed by atoms with Crippen molar-refractivity contribution in [3.8, 4) is 0 Å². The Bertz CT molecular complexity index is 305. The van der Waals surface area contributed by atoms with Gasteiger partial charge in [-0.15, -0.1) is 0 Å². The van der Waals surface area contributed by atoms with Crippen LogP contribution in [-0.2, 0) is 4.74 Å². The second-order valence-electron chi connectivity index (χ2n) is 6.20. The predicted octanol–water partition coefficient (Wildman–Crippen LogP) is 2.38. The van der Waals surface area contributed by atoms with Gasteiger partial charge < -0.3 is 15.4 Å². The van der Waals surface area contributed by atoms with Crippen LogP contribution >= 0.6 is 11.8 Å². The first kappa shape index (κ1) is 15.6. The highest BCUT2D eigenvalue weighted by Crippen LogP contribution is 2.37. The summed E-state index contributed by atoms with van der Waals surface area (Å²) in [7, 11) is 0. The smallest absolute Gasteiger partial charge is 0.315 e. The number of carbonyl (C=O) groups excluding carboxylic acids is 1. The van der Waals surface area contributed by atoms with Crippen LogP contribution < -0.4 is 10.6 Å². The van der Waals surface area contributed by atoms with Crippen molar-refractivity contribution in [1.29, 1.82) is 0 Å². The van der Waals surface area contributed by atoms with Gasteiger partial charge in [-0.3, -0.25) is 0 Å². The van der Waals surface area contributed by atoms with Gasteiger partial charge in [-0.25, -0.2) is 4.79 Å². The number of nitrogens with one attached hydrogen (secondary N) is 2. The van der Waals surface area contributed by atoms with E-state index in [-0.39, 0.29) is 29.3 Å². The Morgan fingerprint density at radius 2 is 2.06 bits per heavy atom. The molecule has 2 amide bonds. The van der Waals surface area contributed by atoms with Crippen LogP contribution in [0.3, 0.4) is 0 Å². The van der Waals surface area contributed by atoms with E-state index >= 15 is 0 Å². The van der Waals surface area contributed by atoms with Gasteiger partial charge in [0.2, 0.25) is 0 Å². The quantitative estimate of drug-likeness (QED) is 0.827. The monoisotopic (exact) mass is 274 g/mol. The van der Waals surface area contributed by atoms with Crippen LogP contribution in [0.5, 0.6) is 0 Å². The third-order valence-corrected chi connectivity index (χ3v) is 4.01. The van der Waals surface area contributed by atoms with Gasteiger partial charge in [0, 0.05) is 11.8 Å². The van der Waals surface area contributed by atoms with Crippen molar-refractivity contribution in [2.45, 2.75) is 64.3 Å². The van der Waals surface area contributed by atoms with E-state index in [1.165, 1.54) is 0 Å². The van der Waals surface area contributed by atoms with Crippen LogP contribution in [-0.4, -0.2) is 41.3 Å². The Hall–Kier alpha value is -0.420. The molecule has 0 saturated carbocycles. The minimum atomic E-state index is -0.316. The minimum Gasteiger partial charge on any atom is -0.367 e. The summed E-state index contributed by atoms with van der Waals surface area (Å²) >= 11 is 1.73. The molecule has 0 spiro atoms. The molecule has 1 saturated heterocycles. The molecule has 5 heteroatoms. The Kier molecular flexibility index (Phi) is 4.95. The summed E-state index contributed by atoms with van der Waals surface area (Å²) in [5.41, 5.74) is -0.490. The number of rotatable bonds is 4. The Morgan fingerprint density at radius 1 is 1.44 bits per heavy atom. The number of thioether (sulfide) groups is 1. The highest BCUT2D eigenvalue weighted by molar-refractivity contribution is 7.98. The lowest BCUT2D eigenvalue weighted by atomic mass is 9.95. The van der Waals surface area contributed by atoms with Crippen molar-refractivity contribution in [2.75, 3.05) is 12.0 Å². The molecule has 106 valence electrons. The molecular formula is C13H26N2O2S. The lowest BCUT2D eigenvalue weighted by molar-refractivity contribution is -0.0690. The summed E-state index contributed by atoms with van der Waals surface area (Å²) in [6.07, 6.45) is 2.87. The summed E-state index contributed by atoms with van der Waals surface area (Å²) in [6.45, 7) is 10.2. The van der Waals surface area contributed by atoms with Crippen LogP contribution in [0, 0.1) is 0 Å². The molecule has 0 bridgehead atoms. The summed E-state index contributed by atoms with van der Waals surface area (Å²) in [4.78, 5) is 11.9. The standard InChI is InChI=1S/C13H26N2O2S/c1-9(8-18-6)14-11(16)15-10-7-12(2,3)17-13(10,4)5/h9-10H,7-8H2,1-6H3,(H2,14,15,16)/t9-,10-/m0/s1. The number of carbonyl (C=O) groups is 1. The first-order valence-corrected chi connectivity index (χ1v) is 7.82. The molecule has 0 radical (unpaired) electrons. The van der Waals surface area contributed by atoms with Gasteiger partial charge in [0.05, 0.1) is 17.2 Å². The molecule has 0 unspecified atom stereocenters. The fraction of sp³-hybridized carbons (Fsp3) is 0.923. The maximum Gasteiger partial charge on any atom is 0.315 e. The zero-order valence-electron chi connectivity index (χ0n) is 12.3. The van der Waals surface area contributed by atoms with E-state index < -0.39 is 0 Å². The van der Waals surface area contributed by atoms with Crippen molar-refractivity contribution in [3.63, 3.8) is 0 Å². The van der Waals surface area contributed by atoms with Crippen molar-refractivity contribution in [2.24, 2.45) is 0 Å². The molecule has 1 rings (SSSR count). The third-order valence-electron chi connectivity index (χ3n) is 3.17. The molecule has 0 aromatic heterocycles. The first-order valence-electron chi connectivity index (χ1n) is 6.42. The first-order chi connectivity index (χ1) is 8.16. The van der Waals surface area contributed by atoms with E-state index in [2.05, 4.69) is 24.5 Å². The molecule has 0 aromatic rings. The van der Waals surface area contributed by atoms with E-state index in [1.54, 1.807) is 11.8 Å². The largest absolute Gasteiger partial charge is 0.367 e. The average molecular weight is 274 g/mol. The van der Waals surface area contributed by atoms with Gasteiger partial charge in [-0.1, -0.05) is 0 Å². The van der Waals surface area contributed by atoms with E-state index in [1.807, 2.05) is 27.0 Å². The van der Waals surface area contributed by atoms with Crippen molar-refractivity contribution in [1.82, 2.24) is 10.6 Å². The Labute approximate surface area is 115 Å². The van der Waals surface area contributed by atoms with Gasteiger partial charge in [0.1, 0.15) is 0 Å². The lowest BCUT2D eigenvalue weighted by Gasteiger charge is -2.28. The molecule has 1 fully saturated rings. The van der Waals surface area contributed by atoms with Crippen LogP contribution in [0.2, 0.25) is 0 Å². The predicted molar refractivity (Wildman–Crippen MR) is 77.2 cm³/mol. The maximum absolute atomic E-state index is 11.9. The summed E-state index contributed by atoms with van der Waals surface area (Å²) in [5.74, 6) is 0.920. The Balaban J connectivity index is 2.50. The second kappa shape index (κ2) is 5.70. The molecular weight excluding hydrogens is 248 g/mol. The molecule has 0 aliphatic carbocycles. The molecule has 2 atom stereocenters. The summed E-state index contributed by atoms with van der Waals surface area (Å²) in [5, 5.41) is 5.98. The number of hydrogen-bond donors (Lipinski definition) is 2. The normalized spacial score (nSPS) is 26.7. The molecule has 1 heterocycles. The molecule has 0 aromatic carbocycles. The number of hydrogen-bond acceptors (Lipinski definition) is 3. The van der Waals surface area contributed by atoms with Crippen molar-refractivity contribution in [3.05, 3.63) is 0 Å². The molecule has 1 aliphatic heterocycles. The molecule has 1 aliphatic rings. The number of ether oxygens (including phenoxy) is 1. The fourth-order valence-corrected chi connectivity index (χ4v) is 3.09. The third kappa shape index (κ3) is 4.35. The Morgan fingerprint density at radius 3 is 2.50 bits per heavy atom. The van der Waals surface area contributed by atoms with Gasteiger partial charge in [0.25, 0.3) is 0 Å². The number of urea groups is 1. The topological polar surface area (TPSA) is 50.4 Å². The van der Waals surface area contributed by atoms with Crippen molar-refractivity contribution < 1.29 is 9.53 Å². The van der Waals surface area contributed by atoms with Gasteiger partial charge >= 0.3 is 6.03 Å². The summed E-state index contributed by atoms with van der Waals surface area (Å²) in [6, 6.07) is 0.128. The van der Waals surface area contributed by atoms with Crippen LogP contribution in [0.25, 0.3) is 0 Å². The van der Waals surface area contributed by atoms with Crippen molar-refractivity contribution >= 4 is 17.8 Å². The minimum absolute atomic E-state index is 0.0500. The van der Waals surface area contributed by atoms with E-state index in [4.69, 9.17) is 4.74 Å². The average Bonchev–Trinajstić information content (AvgIpc) is 2.33. The highest BCUT2D eigenvalue weighted by Gasteiger charge is 2.46. The number of amides is 2. The second-order valence-corrected chi connectivity index (χ2v) is 7.11. The van der Waals surface area contributed by atoms with Gasteiger partial charge in [-0.2, -0.15) is 11.8 Å². The molecule has 2 N–H and O–H groups in total. The van der Waals surface area contributed by atoms with Gasteiger partial charge in [0.15, 0.2) is 0 Å². The highest BCUT2D eigenvalue weighted by atomic mass is 32.2. The maximum atomic E-state index is 11.9. The zero-order valence-corrected chi connectivity index (χ0v) is 13.1. The van der Waals surface area contributed by atoms with E-state index in [0.717, 1.165) is 12.2 Å². The SMILES string of the molecule is CSC[C@H](C)NC(=O)N[C@H]1CC(C)(C)OC1(C)C. The van der Waals surface area contributed by atoms with Crippen LogP contribution in [0.4, 0.5) is 4.79 Å². The van der Waals surface area contributed by atoms with Gasteiger partial charge in [-0.05, 0) is 47.3 Å². The lowest BCUT2D eigenvalue weighted by Crippen LogP contribution is -2.51. The van der Waals surface area contributed by atoms with Crippen LogP contribution in [0.15, 0.2) is 0 Å². The fourth-order valence-electron chi connectivity index (χ4n) is 2.50. The van der Waals surface area contributed by atoms with E-state index in [0.29, 0.717) is 0 Å². The van der Waals surface area contributed by atoms with Crippen LogP contribution in [0.1, 0.15) is 41.0 Å². The molecule has 4 nitrogen and oxygen atoms in total. The zero-order chi connectivity index (χ0) is 14.0. The molecule has 18 heavy (non-hydrogen) atoms. The summed E-state index contributed by atoms with van der Waals surface area (Å²) < 4.78 is 5.96. The van der Waals surface area contributed by atoms with E-state index in [9.17, 15) is 4.79 Å².